The Morgan fingerprint density at radius 3 is 3.20 bits per heavy atom. The van der Waals surface area contributed by atoms with Gasteiger partial charge < -0.3 is 0 Å². The normalized spacial score (nSPS) is 15.9. The molecule has 0 spiro atoms. The van der Waals surface area contributed by atoms with Crippen molar-refractivity contribution in [1.82, 2.24) is 9.55 Å². The van der Waals surface area contributed by atoms with Gasteiger partial charge in [0.25, 0.3) is 5.82 Å². The number of rotatable bonds is 0. The van der Waals surface area contributed by atoms with Gasteiger partial charge in [-0.05, 0) is 24.3 Å². The summed E-state index contributed by atoms with van der Waals surface area (Å²) in [4.78, 5) is 5.23. The molecule has 3 aromatic heterocycles. The minimum Gasteiger partial charge on any atom is -0.256 e. The summed E-state index contributed by atoms with van der Waals surface area (Å²) < 4.78 is 28.8. The average Bonchev–Trinajstić information content (AvgIpc) is 3.12. The Morgan fingerprint density at radius 1 is 1.30 bits per heavy atom. The van der Waals surface area contributed by atoms with Crippen molar-refractivity contribution in [1.29, 1.82) is 0 Å². The molecule has 0 aliphatic carbocycles. The number of aryl methyl sites for hydroxylation is 1. The lowest BCUT2D eigenvalue weighted by molar-refractivity contribution is -0.631. The maximum absolute atomic E-state index is 8.02. The van der Waals surface area contributed by atoms with Gasteiger partial charge >= 0.3 is 0 Å². The van der Waals surface area contributed by atoms with E-state index in [4.69, 9.17) is 4.11 Å². The monoisotopic (exact) mass is 281 g/mol. The van der Waals surface area contributed by atoms with E-state index in [9.17, 15) is 0 Å². The second-order valence-corrected chi connectivity index (χ2v) is 6.03. The fourth-order valence-corrected chi connectivity index (χ4v) is 4.22. The van der Waals surface area contributed by atoms with Crippen LogP contribution in [0, 0.1) is 0 Å². The first kappa shape index (κ1) is 8.17. The van der Waals surface area contributed by atoms with E-state index in [1.807, 2.05) is 30.3 Å². The first-order valence-corrected chi connectivity index (χ1v) is 7.28. The number of fused-ring (bicyclic) bond motifs is 7. The summed E-state index contributed by atoms with van der Waals surface area (Å²) in [6.07, 6.45) is 1.76. The van der Waals surface area contributed by atoms with E-state index < -0.39 is 6.98 Å². The molecule has 0 radical (unpaired) electrons. The van der Waals surface area contributed by atoms with Gasteiger partial charge in [-0.15, -0.1) is 0 Å². The van der Waals surface area contributed by atoms with Crippen LogP contribution in [0.5, 0.6) is 0 Å². The van der Waals surface area contributed by atoms with Crippen LogP contribution in [0.15, 0.2) is 42.6 Å². The lowest BCUT2D eigenvalue weighted by Gasteiger charge is -1.93. The van der Waals surface area contributed by atoms with E-state index in [0.717, 1.165) is 37.5 Å². The predicted octanol–water partition coefficient (Wildman–Crippen LogP) is 3.10. The van der Waals surface area contributed by atoms with Crippen molar-refractivity contribution < 1.29 is 8.68 Å². The predicted molar refractivity (Wildman–Crippen MR) is 80.8 cm³/mol. The molecule has 0 N–H and O–H groups in total. The van der Waals surface area contributed by atoms with Crippen molar-refractivity contribution >= 4 is 31.8 Å². The molecule has 1 aliphatic heterocycles. The van der Waals surface area contributed by atoms with E-state index in [1.165, 1.54) is 15.9 Å². The van der Waals surface area contributed by atoms with Gasteiger partial charge in [0.15, 0.2) is 5.52 Å². The third-order valence-electron chi connectivity index (χ3n) is 3.93. The maximum atomic E-state index is 8.02. The summed E-state index contributed by atoms with van der Waals surface area (Å²) in [6.45, 7) is -1.61. The first-order valence-electron chi connectivity index (χ1n) is 7.96. The van der Waals surface area contributed by atoms with Crippen LogP contribution in [0.3, 0.4) is 0 Å². The van der Waals surface area contributed by atoms with Crippen LogP contribution in [0.4, 0.5) is 0 Å². The van der Waals surface area contributed by atoms with Crippen molar-refractivity contribution in [3.05, 3.63) is 48.3 Å². The minimum absolute atomic E-state index is 0.617. The summed E-state index contributed by atoms with van der Waals surface area (Å²) in [5.74, 6) is 0.736. The Balaban J connectivity index is 2.01. The highest BCUT2D eigenvalue weighted by atomic mass is 32.1. The van der Waals surface area contributed by atoms with Crippen molar-refractivity contribution in [2.45, 2.75) is 6.54 Å². The SMILES string of the molecule is [2H]C([2H])([2H])[n+]1c2n(c3c4ccccc4sc31)Cc1ncccc1-2. The number of hydrogen-bond acceptors (Lipinski definition) is 2. The Kier molecular flexibility index (Phi) is 1.41. The van der Waals surface area contributed by atoms with Gasteiger partial charge in [-0.25, -0.2) is 9.13 Å². The molecule has 0 atom stereocenters. The van der Waals surface area contributed by atoms with Crippen LogP contribution in [0.1, 0.15) is 9.81 Å². The lowest BCUT2D eigenvalue weighted by Crippen LogP contribution is -2.28. The number of benzene rings is 1. The third kappa shape index (κ3) is 1.11. The molecule has 1 aliphatic rings. The second kappa shape index (κ2) is 3.46. The van der Waals surface area contributed by atoms with Gasteiger partial charge in [0.05, 0.1) is 22.3 Å². The van der Waals surface area contributed by atoms with Crippen LogP contribution in [-0.2, 0) is 13.5 Å². The van der Waals surface area contributed by atoms with Crippen LogP contribution >= 0.6 is 11.3 Å². The average molecular weight is 281 g/mol. The van der Waals surface area contributed by atoms with Crippen LogP contribution in [-0.4, -0.2) is 9.55 Å². The zero-order valence-corrected chi connectivity index (χ0v) is 11.3. The summed E-state index contributed by atoms with van der Waals surface area (Å²) in [5.41, 5.74) is 2.84. The molecule has 4 heterocycles. The summed E-state index contributed by atoms with van der Waals surface area (Å²) >= 11 is 1.54. The molecule has 0 saturated heterocycles. The van der Waals surface area contributed by atoms with E-state index in [2.05, 4.69) is 15.6 Å². The second-order valence-electron chi connectivity index (χ2n) is 4.99. The van der Waals surface area contributed by atoms with Crippen LogP contribution < -0.4 is 4.57 Å². The van der Waals surface area contributed by atoms with E-state index in [-0.39, 0.29) is 0 Å². The van der Waals surface area contributed by atoms with E-state index in [1.54, 1.807) is 6.20 Å². The number of thiophene rings is 1. The molecule has 0 fully saturated rings. The van der Waals surface area contributed by atoms with Crippen molar-refractivity contribution in [2.75, 3.05) is 0 Å². The molecular weight excluding hydrogens is 266 g/mol. The van der Waals surface area contributed by atoms with Gasteiger partial charge in [-0.1, -0.05) is 23.5 Å². The zero-order valence-electron chi connectivity index (χ0n) is 13.5. The Bertz CT molecular complexity index is 1090. The first-order chi connectivity index (χ1) is 11.1. The molecule has 5 rings (SSSR count). The minimum atomic E-state index is -2.23. The summed E-state index contributed by atoms with van der Waals surface area (Å²) in [6, 6.07) is 11.9. The van der Waals surface area contributed by atoms with Gasteiger partial charge in [0.2, 0.25) is 4.83 Å². The number of pyridine rings is 1. The van der Waals surface area contributed by atoms with Gasteiger partial charge in [-0.2, -0.15) is 0 Å². The van der Waals surface area contributed by atoms with E-state index >= 15 is 0 Å². The van der Waals surface area contributed by atoms with Gasteiger partial charge in [0.1, 0.15) is 6.54 Å². The van der Waals surface area contributed by atoms with Crippen molar-refractivity contribution in [3.8, 4) is 11.4 Å². The van der Waals surface area contributed by atoms with Crippen LogP contribution in [0.2, 0.25) is 0 Å². The zero-order chi connectivity index (χ0) is 15.8. The molecule has 3 nitrogen and oxygen atoms in total. The topological polar surface area (TPSA) is 21.7 Å². The summed E-state index contributed by atoms with van der Waals surface area (Å²) in [5, 5.41) is 1.10. The molecule has 1 aromatic carbocycles. The molecule has 0 amide bonds. The fourth-order valence-electron chi connectivity index (χ4n) is 3.09. The number of hydrogen-bond donors (Lipinski definition) is 0. The maximum Gasteiger partial charge on any atom is 0.292 e. The Labute approximate surface area is 123 Å². The molecule has 0 saturated carbocycles. The number of imidazole rings is 1. The molecule has 4 aromatic rings. The smallest absolute Gasteiger partial charge is 0.256 e. The standard InChI is InChI=1S/C16H12N3S/c1-18-15-10-6-4-8-17-12(10)9-19(15)14-11-5-2-3-7-13(11)20-16(14)18/h2-8H,9H2,1H3/q+1/i1D3. The largest absolute Gasteiger partial charge is 0.292 e. The highest BCUT2D eigenvalue weighted by molar-refractivity contribution is 7.25. The third-order valence-corrected chi connectivity index (χ3v) is 5.08. The van der Waals surface area contributed by atoms with Crippen molar-refractivity contribution in [2.24, 2.45) is 6.98 Å². The lowest BCUT2D eigenvalue weighted by atomic mass is 10.2. The molecule has 20 heavy (non-hydrogen) atoms. The fraction of sp³-hybridized carbons (Fsp3) is 0.125. The number of aromatic nitrogens is 3. The summed E-state index contributed by atoms with van der Waals surface area (Å²) in [7, 11) is 0. The van der Waals surface area contributed by atoms with Crippen LogP contribution in [0.25, 0.3) is 31.8 Å². The number of nitrogens with zero attached hydrogens (tertiary/aromatic N) is 3. The van der Waals surface area contributed by atoms with Gasteiger partial charge in [0, 0.05) is 16.3 Å². The Hall–Kier alpha value is -2.20. The molecule has 0 unspecified atom stereocenters. The van der Waals surface area contributed by atoms with Gasteiger partial charge in [-0.3, -0.25) is 4.98 Å². The highest BCUT2D eigenvalue weighted by Crippen LogP contribution is 2.38. The molecule has 0 bridgehead atoms. The highest BCUT2D eigenvalue weighted by Gasteiger charge is 2.35. The Morgan fingerprint density at radius 2 is 2.25 bits per heavy atom. The molecule has 96 valence electrons. The van der Waals surface area contributed by atoms with E-state index in [0.29, 0.717) is 6.54 Å². The quantitative estimate of drug-likeness (QED) is 0.400. The van der Waals surface area contributed by atoms with Crippen molar-refractivity contribution in [3.63, 3.8) is 0 Å². The molecular formula is C16H12N3S+. The molecule has 4 heteroatoms.